The lowest BCUT2D eigenvalue weighted by atomic mass is 9.98. The van der Waals surface area contributed by atoms with E-state index in [9.17, 15) is 0 Å². The van der Waals surface area contributed by atoms with E-state index in [1.54, 1.807) is 0 Å². The number of benzene rings is 2. The fraction of sp³-hybridized carbons (Fsp3) is 0.300. The van der Waals surface area contributed by atoms with E-state index in [0.717, 1.165) is 35.5 Å². The molecular formula is C20H21NO3. The Morgan fingerprint density at radius 3 is 2.58 bits per heavy atom. The predicted molar refractivity (Wildman–Crippen MR) is 92.7 cm³/mol. The molecule has 0 atom stereocenters. The third-order valence-electron chi connectivity index (χ3n) is 4.31. The number of ether oxygens (including phenoxy) is 3. The van der Waals surface area contributed by atoms with Crippen LogP contribution in [0.5, 0.6) is 5.75 Å². The van der Waals surface area contributed by atoms with Gasteiger partial charge in [0.05, 0.1) is 18.8 Å². The number of hydrogen-bond donors (Lipinski definition) is 1. The highest BCUT2D eigenvalue weighted by molar-refractivity contribution is 5.73. The molecule has 0 unspecified atom stereocenters. The first-order valence-electron chi connectivity index (χ1n) is 8.35. The quantitative estimate of drug-likeness (QED) is 0.916. The number of nitrogens with one attached hydrogen (secondary N) is 1. The van der Waals surface area contributed by atoms with Crippen LogP contribution in [0.15, 0.2) is 54.6 Å². The summed E-state index contributed by atoms with van der Waals surface area (Å²) in [5, 5.41) is 3.35. The highest BCUT2D eigenvalue weighted by atomic mass is 16.7. The van der Waals surface area contributed by atoms with Gasteiger partial charge in [-0.25, -0.2) is 0 Å². The molecule has 1 saturated heterocycles. The first-order valence-corrected chi connectivity index (χ1v) is 8.35. The second kappa shape index (κ2) is 7.18. The van der Waals surface area contributed by atoms with Gasteiger partial charge in [-0.05, 0) is 22.8 Å². The first-order chi connectivity index (χ1) is 11.9. The first kappa shape index (κ1) is 15.4. The summed E-state index contributed by atoms with van der Waals surface area (Å²) in [4.78, 5) is 0. The van der Waals surface area contributed by atoms with Gasteiger partial charge in [0.2, 0.25) is 0 Å². The second-order valence-electron chi connectivity index (χ2n) is 5.93. The van der Waals surface area contributed by atoms with Crippen molar-refractivity contribution in [3.05, 3.63) is 71.3 Å². The second-order valence-corrected chi connectivity index (χ2v) is 5.93. The van der Waals surface area contributed by atoms with Gasteiger partial charge in [0.15, 0.2) is 6.29 Å². The highest BCUT2D eigenvalue weighted by Gasteiger charge is 2.27. The smallest absolute Gasteiger partial charge is 0.188 e. The molecule has 124 valence electrons. The summed E-state index contributed by atoms with van der Waals surface area (Å²) < 4.78 is 17.7. The van der Waals surface area contributed by atoms with E-state index in [4.69, 9.17) is 14.2 Å². The summed E-state index contributed by atoms with van der Waals surface area (Å²) in [5.41, 5.74) is 4.57. The molecule has 0 spiro atoms. The zero-order valence-corrected chi connectivity index (χ0v) is 13.5. The molecule has 2 aliphatic heterocycles. The maximum atomic E-state index is 6.13. The summed E-state index contributed by atoms with van der Waals surface area (Å²) in [7, 11) is 0. The van der Waals surface area contributed by atoms with Crippen LogP contribution in [0.3, 0.4) is 0 Å². The van der Waals surface area contributed by atoms with Gasteiger partial charge in [-0.1, -0.05) is 48.5 Å². The van der Waals surface area contributed by atoms with Crippen molar-refractivity contribution in [2.45, 2.75) is 12.9 Å². The minimum Gasteiger partial charge on any atom is -0.488 e. The Hall–Kier alpha value is -2.14. The topological polar surface area (TPSA) is 39.7 Å². The van der Waals surface area contributed by atoms with Gasteiger partial charge in [0.25, 0.3) is 0 Å². The fourth-order valence-electron chi connectivity index (χ4n) is 3.13. The molecule has 4 heteroatoms. The zero-order chi connectivity index (χ0) is 16.2. The minimum absolute atomic E-state index is 0.353. The van der Waals surface area contributed by atoms with E-state index in [1.807, 2.05) is 30.3 Å². The van der Waals surface area contributed by atoms with Gasteiger partial charge >= 0.3 is 0 Å². The van der Waals surface area contributed by atoms with Crippen LogP contribution in [0.4, 0.5) is 0 Å². The average Bonchev–Trinajstić information content (AvgIpc) is 3.34. The average molecular weight is 323 g/mol. The standard InChI is InChI=1S/C20H21NO3/c1-2-5-15(6-3-1)14-24-18-8-4-7-17(16-9-10-21-13-16)19(18)20-22-11-12-23-20/h1-9,20-21H,10-14H2. The Morgan fingerprint density at radius 1 is 1.00 bits per heavy atom. The molecule has 2 aliphatic rings. The van der Waals surface area contributed by atoms with Gasteiger partial charge in [-0.3, -0.25) is 0 Å². The Kier molecular flexibility index (Phi) is 4.60. The van der Waals surface area contributed by atoms with Crippen molar-refractivity contribution >= 4 is 5.57 Å². The molecule has 0 radical (unpaired) electrons. The molecule has 2 aromatic carbocycles. The summed E-state index contributed by atoms with van der Waals surface area (Å²) in [6, 6.07) is 16.3. The summed E-state index contributed by atoms with van der Waals surface area (Å²) in [6.07, 6.45) is 1.86. The molecule has 0 bridgehead atoms. The zero-order valence-electron chi connectivity index (χ0n) is 13.5. The van der Waals surface area contributed by atoms with E-state index in [0.29, 0.717) is 19.8 Å². The van der Waals surface area contributed by atoms with Crippen molar-refractivity contribution in [2.75, 3.05) is 26.3 Å². The van der Waals surface area contributed by atoms with Crippen LogP contribution in [0.25, 0.3) is 5.57 Å². The highest BCUT2D eigenvalue weighted by Crippen LogP contribution is 2.38. The van der Waals surface area contributed by atoms with Gasteiger partial charge in [0, 0.05) is 13.1 Å². The van der Waals surface area contributed by atoms with Crippen molar-refractivity contribution in [1.29, 1.82) is 0 Å². The maximum Gasteiger partial charge on any atom is 0.188 e. The van der Waals surface area contributed by atoms with E-state index in [-0.39, 0.29) is 6.29 Å². The molecule has 1 N–H and O–H groups in total. The number of rotatable bonds is 5. The van der Waals surface area contributed by atoms with Crippen LogP contribution in [-0.2, 0) is 16.1 Å². The molecule has 0 saturated carbocycles. The monoisotopic (exact) mass is 323 g/mol. The van der Waals surface area contributed by atoms with Crippen molar-refractivity contribution in [3.63, 3.8) is 0 Å². The molecule has 4 rings (SSSR count). The van der Waals surface area contributed by atoms with Gasteiger partial charge < -0.3 is 19.5 Å². The van der Waals surface area contributed by atoms with Crippen molar-refractivity contribution < 1.29 is 14.2 Å². The Balaban J connectivity index is 1.65. The van der Waals surface area contributed by atoms with Crippen LogP contribution in [0.1, 0.15) is 23.0 Å². The Labute approximate surface area is 142 Å². The van der Waals surface area contributed by atoms with Crippen molar-refractivity contribution in [3.8, 4) is 5.75 Å². The van der Waals surface area contributed by atoms with Gasteiger partial charge in [-0.15, -0.1) is 0 Å². The summed E-state index contributed by atoms with van der Waals surface area (Å²) in [5.74, 6) is 0.830. The minimum atomic E-state index is -0.353. The van der Waals surface area contributed by atoms with Crippen LogP contribution in [0.2, 0.25) is 0 Å². The van der Waals surface area contributed by atoms with E-state index >= 15 is 0 Å². The molecule has 24 heavy (non-hydrogen) atoms. The molecular weight excluding hydrogens is 302 g/mol. The van der Waals surface area contributed by atoms with Gasteiger partial charge in [0.1, 0.15) is 12.4 Å². The molecule has 4 nitrogen and oxygen atoms in total. The van der Waals surface area contributed by atoms with Crippen LogP contribution >= 0.6 is 0 Å². The number of hydrogen-bond acceptors (Lipinski definition) is 4. The molecule has 2 aromatic rings. The lowest BCUT2D eigenvalue weighted by Gasteiger charge is -2.20. The van der Waals surface area contributed by atoms with Crippen LogP contribution < -0.4 is 10.1 Å². The third-order valence-corrected chi connectivity index (χ3v) is 4.31. The van der Waals surface area contributed by atoms with Crippen LogP contribution in [-0.4, -0.2) is 26.3 Å². The largest absolute Gasteiger partial charge is 0.488 e. The Bertz CT molecular complexity index is 721. The lowest BCUT2D eigenvalue weighted by molar-refractivity contribution is -0.0460. The third kappa shape index (κ3) is 3.22. The molecule has 0 amide bonds. The normalized spacial score (nSPS) is 17.9. The fourth-order valence-corrected chi connectivity index (χ4v) is 3.13. The molecule has 0 aromatic heterocycles. The van der Waals surface area contributed by atoms with Gasteiger partial charge in [-0.2, -0.15) is 0 Å². The Morgan fingerprint density at radius 2 is 1.83 bits per heavy atom. The lowest BCUT2D eigenvalue weighted by Crippen LogP contribution is -2.11. The SMILES string of the molecule is C1=C(c2cccc(OCc3ccccc3)c2C2OCCO2)CNC1. The predicted octanol–water partition coefficient (Wildman–Crippen LogP) is 3.30. The summed E-state index contributed by atoms with van der Waals surface area (Å²) in [6.45, 7) is 3.53. The molecule has 1 fully saturated rings. The maximum absolute atomic E-state index is 6.13. The van der Waals surface area contributed by atoms with E-state index in [2.05, 4.69) is 29.6 Å². The van der Waals surface area contributed by atoms with E-state index < -0.39 is 0 Å². The summed E-state index contributed by atoms with van der Waals surface area (Å²) >= 11 is 0. The molecule has 2 heterocycles. The van der Waals surface area contributed by atoms with Crippen molar-refractivity contribution in [2.24, 2.45) is 0 Å². The van der Waals surface area contributed by atoms with Crippen LogP contribution in [0, 0.1) is 0 Å². The molecule has 0 aliphatic carbocycles. The van der Waals surface area contributed by atoms with Crippen molar-refractivity contribution in [1.82, 2.24) is 5.32 Å². The van der Waals surface area contributed by atoms with E-state index in [1.165, 1.54) is 5.57 Å².